The number of hydrogen-bond acceptors (Lipinski definition) is 5. The summed E-state index contributed by atoms with van der Waals surface area (Å²) in [4.78, 5) is 25.0. The number of rotatable bonds is 6. The molecule has 1 N–H and O–H groups in total. The van der Waals surface area contributed by atoms with E-state index in [-0.39, 0.29) is 23.4 Å². The van der Waals surface area contributed by atoms with Gasteiger partial charge in [0.25, 0.3) is 0 Å². The van der Waals surface area contributed by atoms with Gasteiger partial charge in [0.1, 0.15) is 5.58 Å². The number of hydrogen-bond donors (Lipinski definition) is 1. The molecule has 0 bridgehead atoms. The first-order valence-corrected chi connectivity index (χ1v) is 9.12. The van der Waals surface area contributed by atoms with Gasteiger partial charge in [0.05, 0.1) is 14.2 Å². The minimum absolute atomic E-state index is 0.0436. The third-order valence-electron chi connectivity index (χ3n) is 5.00. The first kappa shape index (κ1) is 18.1. The van der Waals surface area contributed by atoms with Crippen LogP contribution >= 0.6 is 0 Å². The van der Waals surface area contributed by atoms with E-state index in [0.717, 1.165) is 23.8 Å². The van der Waals surface area contributed by atoms with E-state index in [0.29, 0.717) is 28.3 Å². The molecule has 0 unspecified atom stereocenters. The summed E-state index contributed by atoms with van der Waals surface area (Å²) in [6.07, 6.45) is 1.89. The number of amides is 1. The van der Waals surface area contributed by atoms with Crippen molar-refractivity contribution in [2.45, 2.75) is 19.8 Å². The molecule has 6 heteroatoms. The van der Waals surface area contributed by atoms with Gasteiger partial charge in [0.15, 0.2) is 17.3 Å². The molecule has 4 rings (SSSR count). The van der Waals surface area contributed by atoms with Gasteiger partial charge in [-0.1, -0.05) is 0 Å². The van der Waals surface area contributed by atoms with Crippen LogP contribution in [0.25, 0.3) is 11.0 Å². The van der Waals surface area contributed by atoms with E-state index >= 15 is 0 Å². The predicted molar refractivity (Wildman–Crippen MR) is 105 cm³/mol. The Bertz CT molecular complexity index is 1080. The lowest BCUT2D eigenvalue weighted by atomic mass is 10.0. The first-order chi connectivity index (χ1) is 13.5. The van der Waals surface area contributed by atoms with E-state index in [1.54, 1.807) is 37.4 Å². The predicted octanol–water partition coefficient (Wildman–Crippen LogP) is 4.34. The Labute approximate surface area is 162 Å². The third kappa shape index (κ3) is 3.22. The molecule has 0 atom stereocenters. The number of benzene rings is 2. The van der Waals surface area contributed by atoms with Crippen LogP contribution in [0.15, 0.2) is 40.8 Å². The molecule has 1 aliphatic rings. The van der Waals surface area contributed by atoms with Crippen LogP contribution in [0.3, 0.4) is 0 Å². The molecule has 0 spiro atoms. The van der Waals surface area contributed by atoms with Gasteiger partial charge in [-0.2, -0.15) is 0 Å². The van der Waals surface area contributed by atoms with Crippen LogP contribution in [-0.2, 0) is 4.79 Å². The molecule has 144 valence electrons. The van der Waals surface area contributed by atoms with Crippen molar-refractivity contribution in [1.29, 1.82) is 0 Å². The van der Waals surface area contributed by atoms with E-state index in [2.05, 4.69) is 5.32 Å². The average Bonchev–Trinajstić information content (AvgIpc) is 3.52. The van der Waals surface area contributed by atoms with Crippen molar-refractivity contribution in [3.8, 4) is 11.5 Å². The number of carbonyl (C=O) groups excluding carboxylic acids is 2. The number of anilines is 1. The van der Waals surface area contributed by atoms with Gasteiger partial charge in [-0.05, 0) is 56.2 Å². The zero-order chi connectivity index (χ0) is 19.8. The van der Waals surface area contributed by atoms with Crippen molar-refractivity contribution in [3.63, 3.8) is 0 Å². The summed E-state index contributed by atoms with van der Waals surface area (Å²) in [5, 5.41) is 3.73. The van der Waals surface area contributed by atoms with Gasteiger partial charge in [-0.25, -0.2) is 0 Å². The standard InChI is InChI=1S/C22H21NO5/c1-12-16-11-15(23-22(25)13-4-5-13)7-9-17(16)28-21(12)20(24)14-6-8-18(26-2)19(10-14)27-3/h6-11,13H,4-5H2,1-3H3,(H,23,25). The average molecular weight is 379 g/mol. The fourth-order valence-electron chi connectivity index (χ4n) is 3.21. The molecule has 1 saturated carbocycles. The topological polar surface area (TPSA) is 77.8 Å². The molecule has 1 amide bonds. The molecule has 2 aromatic carbocycles. The van der Waals surface area contributed by atoms with E-state index in [4.69, 9.17) is 13.9 Å². The van der Waals surface area contributed by atoms with Crippen molar-refractivity contribution in [2.75, 3.05) is 19.5 Å². The van der Waals surface area contributed by atoms with Gasteiger partial charge in [-0.15, -0.1) is 0 Å². The monoisotopic (exact) mass is 379 g/mol. The number of methoxy groups -OCH3 is 2. The molecule has 0 radical (unpaired) electrons. The molecule has 3 aromatic rings. The fourth-order valence-corrected chi connectivity index (χ4v) is 3.21. The maximum absolute atomic E-state index is 13.0. The maximum atomic E-state index is 13.0. The van der Waals surface area contributed by atoms with Crippen molar-refractivity contribution in [3.05, 3.63) is 53.3 Å². The van der Waals surface area contributed by atoms with Crippen molar-refractivity contribution < 1.29 is 23.5 Å². The highest BCUT2D eigenvalue weighted by Crippen LogP contribution is 2.34. The van der Waals surface area contributed by atoms with Crippen molar-refractivity contribution in [2.24, 2.45) is 5.92 Å². The number of ether oxygens (including phenoxy) is 2. The Morgan fingerprint density at radius 3 is 2.46 bits per heavy atom. The summed E-state index contributed by atoms with van der Waals surface area (Å²) in [6, 6.07) is 10.4. The second-order valence-electron chi connectivity index (χ2n) is 6.93. The molecule has 1 aromatic heterocycles. The highest BCUT2D eigenvalue weighted by Gasteiger charge is 2.29. The van der Waals surface area contributed by atoms with Gasteiger partial charge in [0.2, 0.25) is 11.7 Å². The minimum Gasteiger partial charge on any atom is -0.493 e. The van der Waals surface area contributed by atoms with Crippen molar-refractivity contribution >= 4 is 28.3 Å². The summed E-state index contributed by atoms with van der Waals surface area (Å²) in [5.74, 6) is 1.24. The first-order valence-electron chi connectivity index (χ1n) is 9.12. The molecule has 0 aliphatic heterocycles. The lowest BCUT2D eigenvalue weighted by Crippen LogP contribution is -2.12. The van der Waals surface area contributed by atoms with Crippen LogP contribution in [0.5, 0.6) is 11.5 Å². The second kappa shape index (κ2) is 7.03. The number of nitrogens with one attached hydrogen (secondary N) is 1. The molecular weight excluding hydrogens is 358 g/mol. The summed E-state index contributed by atoms with van der Waals surface area (Å²) in [6.45, 7) is 1.84. The highest BCUT2D eigenvalue weighted by atomic mass is 16.5. The van der Waals surface area contributed by atoms with E-state index in [1.807, 2.05) is 13.0 Å². The number of ketones is 1. The molecule has 6 nitrogen and oxygen atoms in total. The number of carbonyl (C=O) groups is 2. The van der Waals surface area contributed by atoms with E-state index in [9.17, 15) is 9.59 Å². The van der Waals surface area contributed by atoms with Gasteiger partial charge >= 0.3 is 0 Å². The highest BCUT2D eigenvalue weighted by molar-refractivity contribution is 6.11. The van der Waals surface area contributed by atoms with E-state index < -0.39 is 0 Å². The molecule has 28 heavy (non-hydrogen) atoms. The van der Waals surface area contributed by atoms with Crippen molar-refractivity contribution in [1.82, 2.24) is 0 Å². The lowest BCUT2D eigenvalue weighted by Gasteiger charge is -2.08. The SMILES string of the molecule is COc1ccc(C(=O)c2oc3ccc(NC(=O)C4CC4)cc3c2C)cc1OC. The van der Waals surface area contributed by atoms with Crippen LogP contribution < -0.4 is 14.8 Å². The second-order valence-corrected chi connectivity index (χ2v) is 6.93. The molecule has 1 fully saturated rings. The summed E-state index contributed by atoms with van der Waals surface area (Å²) in [5.41, 5.74) is 2.49. The summed E-state index contributed by atoms with van der Waals surface area (Å²) in [7, 11) is 3.07. The normalized spacial score (nSPS) is 13.4. The zero-order valence-electron chi connectivity index (χ0n) is 16.0. The van der Waals surface area contributed by atoms with E-state index in [1.165, 1.54) is 7.11 Å². The molecule has 1 aliphatic carbocycles. The summed E-state index contributed by atoms with van der Waals surface area (Å²) < 4.78 is 16.3. The zero-order valence-corrected chi connectivity index (χ0v) is 16.0. The molecular formula is C22H21NO5. The van der Waals surface area contributed by atoms with Gasteiger partial charge < -0.3 is 19.2 Å². The largest absolute Gasteiger partial charge is 0.493 e. The maximum Gasteiger partial charge on any atom is 0.228 e. The number of aryl methyl sites for hydroxylation is 1. The van der Waals surface area contributed by atoms with Crippen LogP contribution in [0.1, 0.15) is 34.5 Å². The third-order valence-corrected chi connectivity index (χ3v) is 5.00. The molecule has 0 saturated heterocycles. The Kier molecular flexibility index (Phi) is 4.55. The Balaban J connectivity index is 1.67. The van der Waals surface area contributed by atoms with Crippen LogP contribution in [0.4, 0.5) is 5.69 Å². The van der Waals surface area contributed by atoms with Gasteiger partial charge in [0, 0.05) is 28.1 Å². The van der Waals surface area contributed by atoms with Crippen LogP contribution in [0.2, 0.25) is 0 Å². The Hall–Kier alpha value is -3.28. The lowest BCUT2D eigenvalue weighted by molar-refractivity contribution is -0.117. The molecule has 1 heterocycles. The summed E-state index contributed by atoms with van der Waals surface area (Å²) >= 11 is 0. The quantitative estimate of drug-likeness (QED) is 0.645. The smallest absolute Gasteiger partial charge is 0.228 e. The number of furan rings is 1. The van der Waals surface area contributed by atoms with Crippen LogP contribution in [0, 0.1) is 12.8 Å². The Morgan fingerprint density at radius 2 is 1.79 bits per heavy atom. The Morgan fingerprint density at radius 1 is 1.04 bits per heavy atom. The fraction of sp³-hybridized carbons (Fsp3) is 0.273. The van der Waals surface area contributed by atoms with Crippen LogP contribution in [-0.4, -0.2) is 25.9 Å². The van der Waals surface area contributed by atoms with Gasteiger partial charge in [-0.3, -0.25) is 9.59 Å². The minimum atomic E-state index is -0.238. The number of fused-ring (bicyclic) bond motifs is 1.